The second kappa shape index (κ2) is 10.7. The third-order valence-electron chi connectivity index (χ3n) is 10.8. The molecule has 3 heterocycles. The van der Waals surface area contributed by atoms with Crippen LogP contribution in [0.1, 0.15) is 5.56 Å². The molecule has 11 rings (SSSR count). The minimum Gasteiger partial charge on any atom is -0.456 e. The lowest BCUT2D eigenvalue weighted by Crippen LogP contribution is -2.37. The lowest BCUT2D eigenvalue weighted by molar-refractivity contribution is 0.669. The van der Waals surface area contributed by atoms with Crippen LogP contribution in [0.15, 0.2) is 162 Å². The average Bonchev–Trinajstić information content (AvgIpc) is 3.72. The molecule has 1 aliphatic rings. The molecule has 0 bridgehead atoms. The van der Waals surface area contributed by atoms with Crippen molar-refractivity contribution in [2.45, 2.75) is 6.92 Å². The largest absolute Gasteiger partial charge is 0.456 e. The Bertz CT molecular complexity index is 3030. The number of furan rings is 1. The standard InChI is InChI=1S/C47H31BN2O/c1-28-19-22-31(23-20-28)49-40-17-9-7-15-33(40)38-25-36(29-11-3-2-4-12-29)44-35-24-21-30-13-5-6-14-32(30)46(35)50-41-26-37-34-16-8-10-18-42(34)51-43(37)27-39(41)48-45(38)47(44)50/h2-27,48-49H,1H3. The van der Waals surface area contributed by atoms with Gasteiger partial charge < -0.3 is 14.3 Å². The second-order valence-electron chi connectivity index (χ2n) is 13.8. The molecule has 1 aliphatic heterocycles. The first-order valence-electron chi connectivity index (χ1n) is 17.6. The van der Waals surface area contributed by atoms with Crippen LogP contribution in [0.4, 0.5) is 11.4 Å². The number of benzene rings is 8. The van der Waals surface area contributed by atoms with E-state index in [1.807, 2.05) is 0 Å². The van der Waals surface area contributed by atoms with E-state index in [0.717, 1.165) is 40.6 Å². The monoisotopic (exact) mass is 650 g/mol. The Morgan fingerprint density at radius 1 is 0.549 bits per heavy atom. The van der Waals surface area contributed by atoms with Crippen molar-refractivity contribution in [2.24, 2.45) is 0 Å². The van der Waals surface area contributed by atoms with Crippen molar-refractivity contribution in [1.82, 2.24) is 4.57 Å². The van der Waals surface area contributed by atoms with Gasteiger partial charge in [-0.3, -0.25) is 0 Å². The summed E-state index contributed by atoms with van der Waals surface area (Å²) in [6.07, 6.45) is 0. The van der Waals surface area contributed by atoms with Crippen molar-refractivity contribution in [3.8, 4) is 27.9 Å². The van der Waals surface area contributed by atoms with Gasteiger partial charge >= 0.3 is 0 Å². The van der Waals surface area contributed by atoms with E-state index in [0.29, 0.717) is 0 Å². The highest BCUT2D eigenvalue weighted by atomic mass is 16.3. The molecule has 1 N–H and O–H groups in total. The smallest absolute Gasteiger partial charge is 0.198 e. The summed E-state index contributed by atoms with van der Waals surface area (Å²) in [5.74, 6) is 0. The van der Waals surface area contributed by atoms with Crippen LogP contribution in [-0.4, -0.2) is 11.8 Å². The highest BCUT2D eigenvalue weighted by Gasteiger charge is 2.30. The van der Waals surface area contributed by atoms with E-state index in [1.54, 1.807) is 0 Å². The number of hydrogen-bond donors (Lipinski definition) is 1. The van der Waals surface area contributed by atoms with Crippen molar-refractivity contribution < 1.29 is 4.42 Å². The van der Waals surface area contributed by atoms with Crippen LogP contribution >= 0.6 is 0 Å². The molecule has 0 saturated carbocycles. The summed E-state index contributed by atoms with van der Waals surface area (Å²) in [5, 5.41) is 11.1. The second-order valence-corrected chi connectivity index (χ2v) is 13.8. The number of nitrogens with one attached hydrogen (secondary N) is 1. The zero-order valence-corrected chi connectivity index (χ0v) is 28.1. The Kier molecular flexibility index (Phi) is 5.97. The Balaban J connectivity index is 1.31. The van der Waals surface area contributed by atoms with Crippen LogP contribution < -0.4 is 16.2 Å². The molecule has 3 nitrogen and oxygen atoms in total. The number of nitrogens with zero attached hydrogens (tertiary/aromatic N) is 1. The molecule has 0 spiro atoms. The summed E-state index contributed by atoms with van der Waals surface area (Å²) in [4.78, 5) is 0. The zero-order chi connectivity index (χ0) is 33.6. The van der Waals surface area contributed by atoms with Crippen molar-refractivity contribution in [3.05, 3.63) is 163 Å². The fourth-order valence-electron chi connectivity index (χ4n) is 8.51. The first-order valence-corrected chi connectivity index (χ1v) is 17.6. The van der Waals surface area contributed by atoms with Gasteiger partial charge in [0.15, 0.2) is 7.28 Å². The SMILES string of the molecule is Cc1ccc(Nc2ccccc2-c2cc(-c3ccccc3)c3c4ccc5ccccc5c4n4c3c2Bc2cc3oc5ccccc5c3cc2-4)cc1. The van der Waals surface area contributed by atoms with E-state index >= 15 is 0 Å². The quantitative estimate of drug-likeness (QED) is 0.192. The van der Waals surface area contributed by atoms with Gasteiger partial charge in [0.2, 0.25) is 0 Å². The number of aryl methyl sites for hydroxylation is 1. The molecule has 0 atom stereocenters. The maximum Gasteiger partial charge on any atom is 0.198 e. The maximum absolute atomic E-state index is 6.49. The molecule has 0 saturated heterocycles. The number of para-hydroxylation sites is 2. The summed E-state index contributed by atoms with van der Waals surface area (Å²) in [6, 6.07) is 57.3. The molecule has 0 fully saturated rings. The van der Waals surface area contributed by atoms with E-state index < -0.39 is 0 Å². The Morgan fingerprint density at radius 3 is 2.20 bits per heavy atom. The molecule has 2 aromatic heterocycles. The van der Waals surface area contributed by atoms with E-state index in [-0.39, 0.29) is 0 Å². The van der Waals surface area contributed by atoms with Gasteiger partial charge in [0.25, 0.3) is 0 Å². The molecule has 0 amide bonds. The average molecular weight is 651 g/mol. The first-order chi connectivity index (χ1) is 25.2. The fourth-order valence-corrected chi connectivity index (χ4v) is 8.51. The molecule has 8 aromatic carbocycles. The molecule has 51 heavy (non-hydrogen) atoms. The highest BCUT2D eigenvalue weighted by molar-refractivity contribution is 6.74. The molecule has 4 heteroatoms. The van der Waals surface area contributed by atoms with Crippen molar-refractivity contribution in [1.29, 1.82) is 0 Å². The third kappa shape index (κ3) is 4.20. The molecular formula is C47H31BN2O. The first kappa shape index (κ1) is 28.3. The minimum absolute atomic E-state index is 0.788. The Labute approximate surface area is 295 Å². The fraction of sp³-hybridized carbons (Fsp3) is 0.0213. The predicted octanol–water partition coefficient (Wildman–Crippen LogP) is 10.9. The molecular weight excluding hydrogens is 619 g/mol. The van der Waals surface area contributed by atoms with Crippen LogP contribution in [0.3, 0.4) is 0 Å². The van der Waals surface area contributed by atoms with Crippen molar-refractivity contribution >= 4 is 84.1 Å². The molecule has 0 unspecified atom stereocenters. The Morgan fingerprint density at radius 2 is 1.31 bits per heavy atom. The molecule has 238 valence electrons. The maximum atomic E-state index is 6.49. The Hall–Kier alpha value is -6.52. The van der Waals surface area contributed by atoms with Crippen molar-refractivity contribution in [3.63, 3.8) is 0 Å². The lowest BCUT2D eigenvalue weighted by atomic mass is 9.58. The predicted molar refractivity (Wildman–Crippen MR) is 217 cm³/mol. The van der Waals surface area contributed by atoms with Gasteiger partial charge in [-0.2, -0.15) is 0 Å². The van der Waals surface area contributed by atoms with E-state index in [9.17, 15) is 0 Å². The summed E-state index contributed by atoms with van der Waals surface area (Å²) in [7, 11) is 0.788. The summed E-state index contributed by atoms with van der Waals surface area (Å²) >= 11 is 0. The van der Waals surface area contributed by atoms with Gasteiger partial charge in [-0.05, 0) is 76.9 Å². The number of aromatic nitrogens is 1. The van der Waals surface area contributed by atoms with Crippen LogP contribution in [-0.2, 0) is 0 Å². The summed E-state index contributed by atoms with van der Waals surface area (Å²) in [6.45, 7) is 2.13. The topological polar surface area (TPSA) is 30.1 Å². The van der Waals surface area contributed by atoms with Crippen LogP contribution in [0.25, 0.3) is 82.5 Å². The van der Waals surface area contributed by atoms with E-state index in [2.05, 4.69) is 175 Å². The molecule has 0 aliphatic carbocycles. The van der Waals surface area contributed by atoms with Gasteiger partial charge in [-0.15, -0.1) is 0 Å². The van der Waals surface area contributed by atoms with Gasteiger partial charge in [0.05, 0.1) is 5.52 Å². The molecule has 10 aromatic rings. The number of hydrogen-bond acceptors (Lipinski definition) is 2. The van der Waals surface area contributed by atoms with Gasteiger partial charge in [0, 0.05) is 55.1 Å². The van der Waals surface area contributed by atoms with Crippen LogP contribution in [0, 0.1) is 6.92 Å². The highest BCUT2D eigenvalue weighted by Crippen LogP contribution is 2.45. The molecule has 0 radical (unpaired) electrons. The van der Waals surface area contributed by atoms with Gasteiger partial charge in [0.1, 0.15) is 11.2 Å². The summed E-state index contributed by atoms with van der Waals surface area (Å²) in [5.41, 5.74) is 16.5. The third-order valence-corrected chi connectivity index (χ3v) is 10.8. The zero-order valence-electron chi connectivity index (χ0n) is 28.1. The minimum atomic E-state index is 0.788. The van der Waals surface area contributed by atoms with Gasteiger partial charge in [-0.25, -0.2) is 0 Å². The number of rotatable bonds is 4. The number of fused-ring (bicyclic) bond motifs is 10. The van der Waals surface area contributed by atoms with Crippen LogP contribution in [0.5, 0.6) is 0 Å². The van der Waals surface area contributed by atoms with Crippen molar-refractivity contribution in [2.75, 3.05) is 5.32 Å². The normalized spacial score (nSPS) is 12.2. The van der Waals surface area contributed by atoms with Gasteiger partial charge in [-0.1, -0.05) is 126 Å². The lowest BCUT2D eigenvalue weighted by Gasteiger charge is -2.25. The summed E-state index contributed by atoms with van der Waals surface area (Å²) < 4.78 is 9.06. The number of anilines is 2. The van der Waals surface area contributed by atoms with Crippen LogP contribution in [0.2, 0.25) is 0 Å². The van der Waals surface area contributed by atoms with E-state index in [4.69, 9.17) is 4.42 Å². The van der Waals surface area contributed by atoms with E-state index in [1.165, 1.54) is 77.0 Å².